The number of carbonyl (C=O) groups is 2. The maximum absolute atomic E-state index is 12.8. The lowest BCUT2D eigenvalue weighted by Crippen LogP contribution is -2.43. The van der Waals surface area contributed by atoms with Gasteiger partial charge in [0.25, 0.3) is 11.8 Å². The molecule has 1 saturated heterocycles. The van der Waals surface area contributed by atoms with Crippen molar-refractivity contribution in [3.8, 4) is 5.75 Å². The summed E-state index contributed by atoms with van der Waals surface area (Å²) < 4.78 is 16.7. The summed E-state index contributed by atoms with van der Waals surface area (Å²) in [5, 5.41) is 2.94. The van der Waals surface area contributed by atoms with Crippen molar-refractivity contribution in [2.75, 3.05) is 44.8 Å². The fourth-order valence-corrected chi connectivity index (χ4v) is 3.04. The van der Waals surface area contributed by atoms with Gasteiger partial charge in [0.15, 0.2) is 6.61 Å². The molecule has 162 valence electrons. The molecule has 0 saturated carbocycles. The van der Waals surface area contributed by atoms with Crippen molar-refractivity contribution >= 4 is 17.5 Å². The Morgan fingerprint density at radius 2 is 1.83 bits per heavy atom. The molecule has 0 aromatic heterocycles. The van der Waals surface area contributed by atoms with Gasteiger partial charge in [-0.2, -0.15) is 0 Å². The van der Waals surface area contributed by atoms with Crippen LogP contribution >= 0.6 is 0 Å². The van der Waals surface area contributed by atoms with Gasteiger partial charge in [-0.15, -0.1) is 0 Å². The van der Waals surface area contributed by atoms with Crippen LogP contribution in [0.2, 0.25) is 0 Å². The second kappa shape index (κ2) is 11.8. The zero-order valence-electron chi connectivity index (χ0n) is 17.9. The SMILES string of the molecule is CCCCC(C)(OCCC)C(=O)Nc1ccc(OCC(=O)N2CCOCC2)cc1. The number of carbonyl (C=O) groups excluding carboxylic acids is 2. The van der Waals surface area contributed by atoms with E-state index in [0.29, 0.717) is 50.8 Å². The van der Waals surface area contributed by atoms with Gasteiger partial charge in [-0.3, -0.25) is 9.59 Å². The van der Waals surface area contributed by atoms with Crippen LogP contribution in [0.15, 0.2) is 24.3 Å². The van der Waals surface area contributed by atoms with E-state index in [1.165, 1.54) is 0 Å². The lowest BCUT2D eigenvalue weighted by molar-refractivity contribution is -0.140. The number of amides is 2. The number of nitrogens with one attached hydrogen (secondary N) is 1. The minimum atomic E-state index is -0.842. The van der Waals surface area contributed by atoms with Crippen LogP contribution in [0.5, 0.6) is 5.75 Å². The first-order valence-electron chi connectivity index (χ1n) is 10.5. The van der Waals surface area contributed by atoms with Gasteiger partial charge in [-0.05, 0) is 44.0 Å². The fourth-order valence-electron chi connectivity index (χ4n) is 3.04. The normalized spacial score (nSPS) is 16.2. The number of hydrogen-bond donors (Lipinski definition) is 1. The maximum atomic E-state index is 12.8. The van der Waals surface area contributed by atoms with Crippen molar-refractivity contribution < 1.29 is 23.8 Å². The Hall–Kier alpha value is -2.12. The van der Waals surface area contributed by atoms with Crippen LogP contribution in [0.4, 0.5) is 5.69 Å². The molecule has 0 aliphatic carbocycles. The van der Waals surface area contributed by atoms with E-state index < -0.39 is 5.60 Å². The summed E-state index contributed by atoms with van der Waals surface area (Å²) in [5.41, 5.74) is -0.171. The maximum Gasteiger partial charge on any atom is 0.260 e. The van der Waals surface area contributed by atoms with Crippen LogP contribution in [-0.4, -0.2) is 61.8 Å². The average Bonchev–Trinajstić information content (AvgIpc) is 2.76. The fraction of sp³-hybridized carbons (Fsp3) is 0.636. The van der Waals surface area contributed by atoms with Crippen molar-refractivity contribution in [1.82, 2.24) is 4.90 Å². The average molecular weight is 407 g/mol. The molecule has 29 heavy (non-hydrogen) atoms. The van der Waals surface area contributed by atoms with Crippen LogP contribution in [0.25, 0.3) is 0 Å². The molecule has 0 spiro atoms. The predicted octanol–water partition coefficient (Wildman–Crippen LogP) is 3.24. The molecule has 1 heterocycles. The number of rotatable bonds is 11. The predicted molar refractivity (Wildman–Crippen MR) is 112 cm³/mol. The van der Waals surface area contributed by atoms with Crippen molar-refractivity contribution in [1.29, 1.82) is 0 Å². The number of hydrogen-bond acceptors (Lipinski definition) is 5. The highest BCUT2D eigenvalue weighted by molar-refractivity contribution is 5.97. The number of ether oxygens (including phenoxy) is 3. The number of benzene rings is 1. The Kier molecular flexibility index (Phi) is 9.41. The number of morpholine rings is 1. The van der Waals surface area contributed by atoms with Crippen LogP contribution in [-0.2, 0) is 19.1 Å². The molecule has 0 bridgehead atoms. The molecule has 1 unspecified atom stereocenters. The minimum absolute atomic E-state index is 0.00828. The van der Waals surface area contributed by atoms with E-state index in [1.54, 1.807) is 29.2 Å². The van der Waals surface area contributed by atoms with Gasteiger partial charge >= 0.3 is 0 Å². The molecule has 1 aliphatic rings. The standard InChI is InChI=1S/C22H34N2O5/c1-4-6-11-22(3,29-14-5-2)21(26)23-18-7-9-19(10-8-18)28-17-20(25)24-12-15-27-16-13-24/h7-10H,4-6,11-17H2,1-3H3,(H,23,26). The molecule has 1 aromatic carbocycles. The largest absolute Gasteiger partial charge is 0.484 e. The number of nitrogens with zero attached hydrogens (tertiary/aromatic N) is 1. The van der Waals surface area contributed by atoms with E-state index in [1.807, 2.05) is 13.8 Å². The molecule has 7 heteroatoms. The lowest BCUT2D eigenvalue weighted by atomic mass is 9.97. The highest BCUT2D eigenvalue weighted by Gasteiger charge is 2.33. The van der Waals surface area contributed by atoms with Crippen molar-refractivity contribution in [2.45, 2.75) is 52.1 Å². The van der Waals surface area contributed by atoms with Crippen molar-refractivity contribution in [2.24, 2.45) is 0 Å². The molecule has 1 aromatic rings. The van der Waals surface area contributed by atoms with E-state index in [0.717, 1.165) is 19.3 Å². The molecular weight excluding hydrogens is 372 g/mol. The Balaban J connectivity index is 1.87. The first kappa shape index (κ1) is 23.2. The van der Waals surface area contributed by atoms with Gasteiger partial charge in [0.05, 0.1) is 13.2 Å². The molecule has 1 aliphatic heterocycles. The van der Waals surface area contributed by atoms with E-state index in [9.17, 15) is 9.59 Å². The Bertz CT molecular complexity index is 633. The van der Waals surface area contributed by atoms with Gasteiger partial charge in [0.1, 0.15) is 11.4 Å². The zero-order chi connectivity index (χ0) is 21.1. The van der Waals surface area contributed by atoms with Gasteiger partial charge in [-0.1, -0.05) is 26.7 Å². The number of unbranched alkanes of at least 4 members (excludes halogenated alkanes) is 1. The smallest absolute Gasteiger partial charge is 0.260 e. The summed E-state index contributed by atoms with van der Waals surface area (Å²) in [4.78, 5) is 26.7. The molecule has 2 rings (SSSR count). The molecule has 1 atom stereocenters. The summed E-state index contributed by atoms with van der Waals surface area (Å²) in [6.45, 7) is 8.86. The third-order valence-corrected chi connectivity index (χ3v) is 4.95. The first-order chi connectivity index (χ1) is 14.0. The van der Waals surface area contributed by atoms with Crippen LogP contribution in [0, 0.1) is 0 Å². The minimum Gasteiger partial charge on any atom is -0.484 e. The van der Waals surface area contributed by atoms with E-state index >= 15 is 0 Å². The summed E-state index contributed by atoms with van der Waals surface area (Å²) in [5.74, 6) is 0.390. The first-order valence-corrected chi connectivity index (χ1v) is 10.5. The Morgan fingerprint density at radius 1 is 1.14 bits per heavy atom. The molecule has 1 fully saturated rings. The monoisotopic (exact) mass is 406 g/mol. The van der Waals surface area contributed by atoms with Gasteiger partial charge < -0.3 is 24.4 Å². The third kappa shape index (κ3) is 7.33. The van der Waals surface area contributed by atoms with E-state index in [-0.39, 0.29) is 18.4 Å². The topological polar surface area (TPSA) is 77.1 Å². The molecule has 2 amide bonds. The summed E-state index contributed by atoms with van der Waals surface area (Å²) in [7, 11) is 0. The lowest BCUT2D eigenvalue weighted by Gasteiger charge is -2.28. The van der Waals surface area contributed by atoms with E-state index in [2.05, 4.69) is 12.2 Å². The highest BCUT2D eigenvalue weighted by atomic mass is 16.5. The molecule has 0 radical (unpaired) electrons. The van der Waals surface area contributed by atoms with Gasteiger partial charge in [0.2, 0.25) is 0 Å². The zero-order valence-corrected chi connectivity index (χ0v) is 17.9. The van der Waals surface area contributed by atoms with Crippen LogP contribution in [0.3, 0.4) is 0 Å². The van der Waals surface area contributed by atoms with Gasteiger partial charge in [0, 0.05) is 25.4 Å². The van der Waals surface area contributed by atoms with Crippen LogP contribution in [0.1, 0.15) is 46.5 Å². The van der Waals surface area contributed by atoms with Crippen molar-refractivity contribution in [3.63, 3.8) is 0 Å². The van der Waals surface area contributed by atoms with Crippen molar-refractivity contribution in [3.05, 3.63) is 24.3 Å². The van der Waals surface area contributed by atoms with Crippen LogP contribution < -0.4 is 10.1 Å². The van der Waals surface area contributed by atoms with Gasteiger partial charge in [-0.25, -0.2) is 0 Å². The highest BCUT2D eigenvalue weighted by Crippen LogP contribution is 2.23. The third-order valence-electron chi connectivity index (χ3n) is 4.95. The quantitative estimate of drug-likeness (QED) is 0.610. The summed E-state index contributed by atoms with van der Waals surface area (Å²) >= 11 is 0. The van der Waals surface area contributed by atoms with E-state index in [4.69, 9.17) is 14.2 Å². The Labute approximate surface area is 173 Å². The summed E-state index contributed by atoms with van der Waals surface area (Å²) in [6, 6.07) is 7.04. The Morgan fingerprint density at radius 3 is 2.45 bits per heavy atom. The number of anilines is 1. The second-order valence-electron chi connectivity index (χ2n) is 7.44. The molecule has 7 nitrogen and oxygen atoms in total. The molecular formula is C22H34N2O5. The summed E-state index contributed by atoms with van der Waals surface area (Å²) in [6.07, 6.45) is 3.48. The second-order valence-corrected chi connectivity index (χ2v) is 7.44. The molecule has 1 N–H and O–H groups in total.